The average molecular weight is 417 g/mol. The van der Waals surface area contributed by atoms with Crippen LogP contribution in [0.4, 0.5) is 5.69 Å². The molecule has 0 radical (unpaired) electrons. The number of halogens is 2. The molecule has 1 N–H and O–H groups in total. The van der Waals surface area contributed by atoms with Crippen LogP contribution in [0, 0.1) is 6.92 Å². The molecule has 7 heteroatoms. The summed E-state index contributed by atoms with van der Waals surface area (Å²) in [6.07, 6.45) is 3.50. The number of pyridine rings is 1. The summed E-state index contributed by atoms with van der Waals surface area (Å²) in [5.41, 5.74) is 2.22. The van der Waals surface area contributed by atoms with E-state index in [1.165, 1.54) is 0 Å². The van der Waals surface area contributed by atoms with Crippen molar-refractivity contribution < 1.29 is 14.3 Å². The van der Waals surface area contributed by atoms with Gasteiger partial charge >= 0.3 is 0 Å². The average Bonchev–Trinajstić information content (AvgIpc) is 2.65. The lowest BCUT2D eigenvalue weighted by Crippen LogP contribution is -2.14. The van der Waals surface area contributed by atoms with Gasteiger partial charge in [-0.2, -0.15) is 0 Å². The number of carbonyl (C=O) groups excluding carboxylic acids is 1. The van der Waals surface area contributed by atoms with E-state index in [0.717, 1.165) is 16.9 Å². The minimum Gasteiger partial charge on any atom is -0.496 e. The van der Waals surface area contributed by atoms with E-state index in [9.17, 15) is 4.79 Å². The van der Waals surface area contributed by atoms with Crippen LogP contribution in [0.3, 0.4) is 0 Å². The van der Waals surface area contributed by atoms with Crippen molar-refractivity contribution in [2.24, 2.45) is 0 Å². The lowest BCUT2D eigenvalue weighted by Gasteiger charge is -2.13. The highest BCUT2D eigenvalue weighted by atomic mass is 35.5. The molecule has 2 aromatic carbocycles. The van der Waals surface area contributed by atoms with Gasteiger partial charge in [0, 0.05) is 18.1 Å². The molecular weight excluding hydrogens is 399 g/mol. The Morgan fingerprint density at radius 2 is 1.89 bits per heavy atom. The Morgan fingerprint density at radius 3 is 2.50 bits per heavy atom. The van der Waals surface area contributed by atoms with E-state index in [1.54, 1.807) is 49.8 Å². The second-order valence-corrected chi connectivity index (χ2v) is 6.90. The van der Waals surface area contributed by atoms with Crippen molar-refractivity contribution in [1.82, 2.24) is 4.98 Å². The number of hydrogen-bond acceptors (Lipinski definition) is 4. The van der Waals surface area contributed by atoms with Crippen molar-refractivity contribution in [3.05, 3.63) is 76.0 Å². The predicted octanol–water partition coefficient (Wildman–Crippen LogP) is 5.68. The Labute approximate surface area is 173 Å². The molecule has 0 saturated heterocycles. The first kappa shape index (κ1) is 20.0. The fourth-order valence-electron chi connectivity index (χ4n) is 2.66. The van der Waals surface area contributed by atoms with Gasteiger partial charge < -0.3 is 14.8 Å². The Balaban J connectivity index is 1.73. The lowest BCUT2D eigenvalue weighted by molar-refractivity contribution is -0.115. The molecule has 0 aliphatic heterocycles. The Hall–Kier alpha value is -2.76. The summed E-state index contributed by atoms with van der Waals surface area (Å²) < 4.78 is 11.1. The highest BCUT2D eigenvalue weighted by molar-refractivity contribution is 6.37. The number of anilines is 1. The molecule has 5 nitrogen and oxygen atoms in total. The molecule has 0 aliphatic carbocycles. The number of nitrogens with zero attached hydrogens (tertiary/aromatic N) is 1. The molecule has 1 amide bonds. The van der Waals surface area contributed by atoms with Gasteiger partial charge in [-0.05, 0) is 54.4 Å². The zero-order valence-electron chi connectivity index (χ0n) is 15.3. The Bertz CT molecular complexity index is 971. The fraction of sp³-hybridized carbons (Fsp3) is 0.143. The van der Waals surface area contributed by atoms with Crippen LogP contribution >= 0.6 is 23.2 Å². The van der Waals surface area contributed by atoms with E-state index in [2.05, 4.69) is 10.3 Å². The second-order valence-electron chi connectivity index (χ2n) is 6.09. The number of aryl methyl sites for hydroxylation is 1. The van der Waals surface area contributed by atoms with Gasteiger partial charge in [0.15, 0.2) is 5.75 Å². The van der Waals surface area contributed by atoms with E-state index in [-0.39, 0.29) is 22.4 Å². The third-order valence-corrected chi connectivity index (χ3v) is 4.52. The van der Waals surface area contributed by atoms with Crippen molar-refractivity contribution in [2.45, 2.75) is 13.3 Å². The first-order valence-corrected chi connectivity index (χ1v) is 9.22. The number of ether oxygens (including phenoxy) is 2. The normalized spacial score (nSPS) is 10.4. The van der Waals surface area contributed by atoms with Crippen LogP contribution in [0.1, 0.15) is 11.1 Å². The van der Waals surface area contributed by atoms with Gasteiger partial charge in [-0.25, -0.2) is 0 Å². The number of rotatable bonds is 6. The molecule has 3 rings (SSSR count). The van der Waals surface area contributed by atoms with Crippen LogP contribution in [0.5, 0.6) is 17.2 Å². The van der Waals surface area contributed by atoms with Gasteiger partial charge in [0.25, 0.3) is 0 Å². The van der Waals surface area contributed by atoms with Crippen LogP contribution in [0.15, 0.2) is 54.9 Å². The monoisotopic (exact) mass is 416 g/mol. The molecule has 1 heterocycles. The van der Waals surface area contributed by atoms with E-state index in [0.29, 0.717) is 17.2 Å². The summed E-state index contributed by atoms with van der Waals surface area (Å²) in [6, 6.07) is 12.2. The zero-order chi connectivity index (χ0) is 20.1. The minimum absolute atomic E-state index is 0.195. The maximum absolute atomic E-state index is 12.2. The standard InChI is InChI=1S/C21H18Cl2N2O3/c1-13-8-16(5-6-19(13)27-2)28-21-17(22)10-15(11-18(21)23)25-20(26)9-14-4-3-7-24-12-14/h3-8,10-12H,9H2,1-2H3,(H,25,26). The van der Waals surface area contributed by atoms with Crippen LogP contribution in [0.25, 0.3) is 0 Å². The van der Waals surface area contributed by atoms with Gasteiger partial charge in [0.2, 0.25) is 5.91 Å². The topological polar surface area (TPSA) is 60.5 Å². The summed E-state index contributed by atoms with van der Waals surface area (Å²) in [6.45, 7) is 1.91. The van der Waals surface area contributed by atoms with Gasteiger partial charge in [-0.3, -0.25) is 9.78 Å². The molecular formula is C21H18Cl2N2O3. The first-order valence-electron chi connectivity index (χ1n) is 8.46. The van der Waals surface area contributed by atoms with E-state index in [1.807, 2.05) is 19.1 Å². The van der Waals surface area contributed by atoms with E-state index >= 15 is 0 Å². The van der Waals surface area contributed by atoms with Crippen LogP contribution in [-0.4, -0.2) is 18.0 Å². The van der Waals surface area contributed by atoms with Crippen molar-refractivity contribution in [3.8, 4) is 17.2 Å². The third kappa shape index (κ3) is 4.94. The minimum atomic E-state index is -0.195. The number of aromatic nitrogens is 1. The second kappa shape index (κ2) is 8.95. The van der Waals surface area contributed by atoms with Crippen molar-refractivity contribution in [2.75, 3.05) is 12.4 Å². The molecule has 0 atom stereocenters. The molecule has 0 saturated carbocycles. The molecule has 3 aromatic rings. The maximum Gasteiger partial charge on any atom is 0.228 e. The SMILES string of the molecule is COc1ccc(Oc2c(Cl)cc(NC(=O)Cc3cccnc3)cc2Cl)cc1C. The maximum atomic E-state index is 12.2. The predicted molar refractivity (Wildman–Crippen MR) is 111 cm³/mol. The van der Waals surface area contributed by atoms with E-state index in [4.69, 9.17) is 32.7 Å². The summed E-state index contributed by atoms with van der Waals surface area (Å²) >= 11 is 12.7. The Kier molecular flexibility index (Phi) is 6.39. The molecule has 144 valence electrons. The fourth-order valence-corrected chi connectivity index (χ4v) is 3.22. The van der Waals surface area contributed by atoms with Crippen molar-refractivity contribution in [3.63, 3.8) is 0 Å². The summed E-state index contributed by atoms with van der Waals surface area (Å²) in [5.74, 6) is 1.46. The number of nitrogens with one attached hydrogen (secondary N) is 1. The van der Waals surface area contributed by atoms with Crippen LogP contribution in [0.2, 0.25) is 10.0 Å². The van der Waals surface area contributed by atoms with Gasteiger partial charge in [0.05, 0.1) is 23.6 Å². The van der Waals surface area contributed by atoms with Gasteiger partial charge in [-0.1, -0.05) is 29.3 Å². The highest BCUT2D eigenvalue weighted by Crippen LogP contribution is 2.39. The molecule has 0 bridgehead atoms. The highest BCUT2D eigenvalue weighted by Gasteiger charge is 2.13. The van der Waals surface area contributed by atoms with Crippen LogP contribution < -0.4 is 14.8 Å². The molecule has 28 heavy (non-hydrogen) atoms. The number of amides is 1. The lowest BCUT2D eigenvalue weighted by atomic mass is 10.2. The first-order chi connectivity index (χ1) is 13.5. The largest absolute Gasteiger partial charge is 0.496 e. The molecule has 0 fully saturated rings. The quantitative estimate of drug-likeness (QED) is 0.561. The van der Waals surface area contributed by atoms with Crippen molar-refractivity contribution in [1.29, 1.82) is 0 Å². The number of methoxy groups -OCH3 is 1. The van der Waals surface area contributed by atoms with Gasteiger partial charge in [0.1, 0.15) is 11.5 Å². The number of benzene rings is 2. The summed E-state index contributed by atoms with van der Waals surface area (Å²) in [7, 11) is 1.61. The molecule has 0 unspecified atom stereocenters. The third-order valence-electron chi connectivity index (χ3n) is 3.96. The number of hydrogen-bond donors (Lipinski definition) is 1. The summed E-state index contributed by atoms with van der Waals surface area (Å²) in [4.78, 5) is 16.2. The molecule has 0 aliphatic rings. The molecule has 1 aromatic heterocycles. The Morgan fingerprint density at radius 1 is 1.14 bits per heavy atom. The molecule has 0 spiro atoms. The van der Waals surface area contributed by atoms with E-state index < -0.39 is 0 Å². The summed E-state index contributed by atoms with van der Waals surface area (Å²) in [5, 5.41) is 3.36. The smallest absolute Gasteiger partial charge is 0.228 e. The number of carbonyl (C=O) groups is 1. The van der Waals surface area contributed by atoms with Crippen molar-refractivity contribution >= 4 is 34.8 Å². The van der Waals surface area contributed by atoms with Gasteiger partial charge in [-0.15, -0.1) is 0 Å². The van der Waals surface area contributed by atoms with Crippen LogP contribution in [-0.2, 0) is 11.2 Å². The zero-order valence-corrected chi connectivity index (χ0v) is 16.8.